The van der Waals surface area contributed by atoms with Crippen molar-refractivity contribution in [2.45, 2.75) is 20.8 Å². The van der Waals surface area contributed by atoms with Crippen molar-refractivity contribution < 1.29 is 4.74 Å². The van der Waals surface area contributed by atoms with Crippen molar-refractivity contribution in [3.05, 3.63) is 6.33 Å². The van der Waals surface area contributed by atoms with Crippen LogP contribution in [0.25, 0.3) is 0 Å². The molecule has 0 saturated heterocycles. The van der Waals surface area contributed by atoms with Gasteiger partial charge in [0, 0.05) is 13.6 Å². The molecule has 0 aliphatic carbocycles. The van der Waals surface area contributed by atoms with Crippen molar-refractivity contribution >= 4 is 11.6 Å². The van der Waals surface area contributed by atoms with E-state index in [0.717, 1.165) is 12.4 Å². The summed E-state index contributed by atoms with van der Waals surface area (Å²) in [6.45, 7) is 7.35. The van der Waals surface area contributed by atoms with Crippen LogP contribution in [-0.2, 0) is 0 Å². The topological polar surface area (TPSA) is 76.3 Å². The number of hydrogen-bond donors (Lipinski definition) is 2. The Morgan fingerprint density at radius 2 is 2.06 bits per heavy atom. The summed E-state index contributed by atoms with van der Waals surface area (Å²) >= 11 is 0. The highest BCUT2D eigenvalue weighted by atomic mass is 16.5. The van der Waals surface area contributed by atoms with Gasteiger partial charge in [-0.15, -0.1) is 0 Å². The van der Waals surface area contributed by atoms with Crippen LogP contribution in [0.3, 0.4) is 0 Å². The van der Waals surface area contributed by atoms with Gasteiger partial charge in [0.15, 0.2) is 11.6 Å². The fourth-order valence-corrected chi connectivity index (χ4v) is 1.71. The number of hydrazine groups is 1. The lowest BCUT2D eigenvalue weighted by atomic mass is 9.96. The van der Waals surface area contributed by atoms with Gasteiger partial charge in [-0.25, -0.2) is 15.8 Å². The Morgan fingerprint density at radius 3 is 2.53 bits per heavy atom. The van der Waals surface area contributed by atoms with Gasteiger partial charge in [-0.3, -0.25) is 0 Å². The van der Waals surface area contributed by atoms with Gasteiger partial charge >= 0.3 is 0 Å². The zero-order valence-electron chi connectivity index (χ0n) is 11.1. The average molecular weight is 239 g/mol. The normalized spacial score (nSPS) is 11.2. The molecule has 0 radical (unpaired) electrons. The lowest BCUT2D eigenvalue weighted by Crippen LogP contribution is -2.30. The van der Waals surface area contributed by atoms with Crippen LogP contribution in [0.15, 0.2) is 6.33 Å². The smallest absolute Gasteiger partial charge is 0.205 e. The van der Waals surface area contributed by atoms with E-state index in [2.05, 4.69) is 36.2 Å². The van der Waals surface area contributed by atoms with E-state index >= 15 is 0 Å². The van der Waals surface area contributed by atoms with Crippen LogP contribution in [0.1, 0.15) is 20.8 Å². The summed E-state index contributed by atoms with van der Waals surface area (Å²) in [4.78, 5) is 10.3. The molecular formula is C11H21N5O. The monoisotopic (exact) mass is 239 g/mol. The van der Waals surface area contributed by atoms with E-state index in [9.17, 15) is 0 Å². The zero-order chi connectivity index (χ0) is 13.1. The second-order valence-corrected chi connectivity index (χ2v) is 5.14. The van der Waals surface area contributed by atoms with Gasteiger partial charge in [0.2, 0.25) is 5.75 Å². The molecule has 0 aliphatic heterocycles. The summed E-state index contributed by atoms with van der Waals surface area (Å²) in [7, 11) is 3.55. The van der Waals surface area contributed by atoms with Gasteiger partial charge in [0.05, 0.1) is 7.11 Å². The van der Waals surface area contributed by atoms with Crippen LogP contribution in [0, 0.1) is 5.41 Å². The Kier molecular flexibility index (Phi) is 4.11. The van der Waals surface area contributed by atoms with E-state index in [0.29, 0.717) is 11.6 Å². The minimum absolute atomic E-state index is 0.168. The van der Waals surface area contributed by atoms with Gasteiger partial charge in [0.25, 0.3) is 0 Å². The summed E-state index contributed by atoms with van der Waals surface area (Å²) < 4.78 is 5.29. The molecule has 0 bridgehead atoms. The number of hydrogen-bond acceptors (Lipinski definition) is 6. The van der Waals surface area contributed by atoms with Crippen molar-refractivity contribution in [1.82, 2.24) is 9.97 Å². The van der Waals surface area contributed by atoms with Crippen LogP contribution in [-0.4, -0.2) is 30.7 Å². The fourth-order valence-electron chi connectivity index (χ4n) is 1.71. The first kappa shape index (κ1) is 13.5. The molecule has 3 N–H and O–H groups in total. The molecule has 0 spiro atoms. The quantitative estimate of drug-likeness (QED) is 0.608. The molecule has 0 unspecified atom stereocenters. The van der Waals surface area contributed by atoms with Crippen molar-refractivity contribution in [3.63, 3.8) is 0 Å². The molecule has 0 fully saturated rings. The third-order valence-electron chi connectivity index (χ3n) is 2.20. The van der Waals surface area contributed by atoms with E-state index in [1.807, 2.05) is 11.9 Å². The first-order chi connectivity index (χ1) is 7.89. The Morgan fingerprint density at radius 1 is 1.41 bits per heavy atom. The highest BCUT2D eigenvalue weighted by Gasteiger charge is 2.19. The van der Waals surface area contributed by atoms with Crippen LogP contribution in [0.5, 0.6) is 5.75 Å². The van der Waals surface area contributed by atoms with Gasteiger partial charge < -0.3 is 15.1 Å². The Bertz CT molecular complexity index is 375. The number of aromatic nitrogens is 2. The standard InChI is InChI=1S/C11H21N5O/c1-11(2,3)6-16(4)10-8(17-5)9(15-12)13-7-14-10/h7H,6,12H2,1-5H3,(H,13,14,15). The number of anilines is 2. The minimum Gasteiger partial charge on any atom is -0.490 e. The van der Waals surface area contributed by atoms with Crippen molar-refractivity contribution in [2.24, 2.45) is 11.3 Å². The second-order valence-electron chi connectivity index (χ2n) is 5.14. The van der Waals surface area contributed by atoms with Gasteiger partial charge in [-0.05, 0) is 5.41 Å². The van der Waals surface area contributed by atoms with E-state index in [-0.39, 0.29) is 5.41 Å². The molecule has 0 atom stereocenters. The first-order valence-electron chi connectivity index (χ1n) is 5.46. The van der Waals surface area contributed by atoms with E-state index in [1.165, 1.54) is 6.33 Å². The summed E-state index contributed by atoms with van der Waals surface area (Å²) in [5.74, 6) is 7.15. The lowest BCUT2D eigenvalue weighted by molar-refractivity contribution is 0.398. The Balaban J connectivity index is 3.04. The van der Waals surface area contributed by atoms with Crippen LogP contribution in [0.4, 0.5) is 11.6 Å². The first-order valence-corrected chi connectivity index (χ1v) is 5.46. The van der Waals surface area contributed by atoms with Crippen LogP contribution >= 0.6 is 0 Å². The van der Waals surface area contributed by atoms with E-state index in [4.69, 9.17) is 10.6 Å². The molecule has 1 aromatic rings. The minimum atomic E-state index is 0.168. The molecular weight excluding hydrogens is 218 g/mol. The molecule has 0 aliphatic rings. The number of methoxy groups -OCH3 is 1. The SMILES string of the molecule is COc1c(NN)ncnc1N(C)CC(C)(C)C. The molecule has 0 amide bonds. The zero-order valence-corrected chi connectivity index (χ0v) is 11.1. The molecule has 96 valence electrons. The molecule has 17 heavy (non-hydrogen) atoms. The molecule has 0 aromatic carbocycles. The maximum absolute atomic E-state index is 5.38. The Labute approximate surface area is 102 Å². The predicted octanol–water partition coefficient (Wildman–Crippen LogP) is 1.25. The van der Waals surface area contributed by atoms with Gasteiger partial charge in [-0.1, -0.05) is 20.8 Å². The molecule has 1 heterocycles. The van der Waals surface area contributed by atoms with Crippen LogP contribution < -0.4 is 20.9 Å². The summed E-state index contributed by atoms with van der Waals surface area (Å²) in [5, 5.41) is 0. The predicted molar refractivity (Wildman–Crippen MR) is 69.1 cm³/mol. The van der Waals surface area contributed by atoms with Gasteiger partial charge in [-0.2, -0.15) is 0 Å². The fraction of sp³-hybridized carbons (Fsp3) is 0.636. The third kappa shape index (κ3) is 3.45. The van der Waals surface area contributed by atoms with Crippen molar-refractivity contribution in [2.75, 3.05) is 31.0 Å². The number of nitrogens with two attached hydrogens (primary N) is 1. The number of nitrogens with zero attached hydrogens (tertiary/aromatic N) is 3. The molecule has 1 rings (SSSR count). The number of nitrogens with one attached hydrogen (secondary N) is 1. The van der Waals surface area contributed by atoms with E-state index in [1.54, 1.807) is 7.11 Å². The number of nitrogen functional groups attached to an aromatic ring is 1. The Hall–Kier alpha value is -1.56. The largest absolute Gasteiger partial charge is 0.490 e. The number of ether oxygens (including phenoxy) is 1. The second kappa shape index (κ2) is 5.18. The summed E-state index contributed by atoms with van der Waals surface area (Å²) in [6, 6.07) is 0. The summed E-state index contributed by atoms with van der Waals surface area (Å²) in [5.41, 5.74) is 2.67. The number of rotatable bonds is 4. The highest BCUT2D eigenvalue weighted by Crippen LogP contribution is 2.31. The van der Waals surface area contributed by atoms with Gasteiger partial charge in [0.1, 0.15) is 6.33 Å². The van der Waals surface area contributed by atoms with Crippen molar-refractivity contribution in [3.8, 4) is 5.75 Å². The average Bonchev–Trinajstić information content (AvgIpc) is 2.25. The third-order valence-corrected chi connectivity index (χ3v) is 2.20. The maximum atomic E-state index is 5.38. The lowest BCUT2D eigenvalue weighted by Gasteiger charge is -2.28. The molecule has 6 heteroatoms. The molecule has 6 nitrogen and oxygen atoms in total. The van der Waals surface area contributed by atoms with Crippen molar-refractivity contribution in [1.29, 1.82) is 0 Å². The highest BCUT2D eigenvalue weighted by molar-refractivity contribution is 5.64. The van der Waals surface area contributed by atoms with E-state index < -0.39 is 0 Å². The van der Waals surface area contributed by atoms with Crippen LogP contribution in [0.2, 0.25) is 0 Å². The maximum Gasteiger partial charge on any atom is 0.205 e. The molecule has 1 aromatic heterocycles. The summed E-state index contributed by atoms with van der Waals surface area (Å²) in [6.07, 6.45) is 1.46. The molecule has 0 saturated carbocycles.